The van der Waals surface area contributed by atoms with Gasteiger partial charge >= 0.3 is 5.97 Å². The maximum atomic E-state index is 12.0. The lowest BCUT2D eigenvalue weighted by atomic mass is 10.2. The van der Waals surface area contributed by atoms with E-state index in [1.165, 1.54) is 6.07 Å². The van der Waals surface area contributed by atoms with Crippen LogP contribution in [-0.2, 0) is 11.3 Å². The standard InChI is InChI=1S/C15H12ClN3O2/c16-13-7-10(17)4-5-12(13)15(20)21-9-11-8-19-6-2-1-3-14(19)18-11/h1-8H,9,17H2. The number of ether oxygens (including phenoxy) is 1. The van der Waals surface area contributed by atoms with Crippen LogP contribution in [0.3, 0.4) is 0 Å². The summed E-state index contributed by atoms with van der Waals surface area (Å²) in [6, 6.07) is 10.3. The molecule has 0 aliphatic heterocycles. The zero-order valence-corrected chi connectivity index (χ0v) is 11.7. The van der Waals surface area contributed by atoms with Crippen molar-refractivity contribution in [2.75, 3.05) is 5.73 Å². The lowest BCUT2D eigenvalue weighted by Gasteiger charge is -2.05. The molecule has 0 saturated carbocycles. The van der Waals surface area contributed by atoms with Gasteiger partial charge in [-0.3, -0.25) is 0 Å². The summed E-state index contributed by atoms with van der Waals surface area (Å²) < 4.78 is 7.08. The third kappa shape index (κ3) is 2.83. The van der Waals surface area contributed by atoms with Crippen molar-refractivity contribution in [3.63, 3.8) is 0 Å². The van der Waals surface area contributed by atoms with Gasteiger partial charge < -0.3 is 14.9 Å². The molecule has 3 rings (SSSR count). The van der Waals surface area contributed by atoms with Crippen LogP contribution in [0.1, 0.15) is 16.1 Å². The average Bonchev–Trinajstić information content (AvgIpc) is 2.87. The molecule has 2 heterocycles. The van der Waals surface area contributed by atoms with Gasteiger partial charge in [-0.25, -0.2) is 9.78 Å². The zero-order valence-electron chi connectivity index (χ0n) is 11.0. The Labute approximate surface area is 125 Å². The zero-order chi connectivity index (χ0) is 14.8. The highest BCUT2D eigenvalue weighted by molar-refractivity contribution is 6.33. The normalized spacial score (nSPS) is 10.7. The molecule has 0 aliphatic rings. The number of nitrogen functional groups attached to an aromatic ring is 1. The monoisotopic (exact) mass is 301 g/mol. The molecule has 0 bridgehead atoms. The summed E-state index contributed by atoms with van der Waals surface area (Å²) in [5.41, 5.74) is 7.84. The van der Waals surface area contributed by atoms with Gasteiger partial charge in [0.2, 0.25) is 0 Å². The highest BCUT2D eigenvalue weighted by Gasteiger charge is 2.13. The first-order chi connectivity index (χ1) is 10.1. The molecular weight excluding hydrogens is 290 g/mol. The molecule has 0 spiro atoms. The van der Waals surface area contributed by atoms with Gasteiger partial charge in [0.25, 0.3) is 0 Å². The summed E-state index contributed by atoms with van der Waals surface area (Å²) >= 11 is 5.97. The largest absolute Gasteiger partial charge is 0.455 e. The summed E-state index contributed by atoms with van der Waals surface area (Å²) in [5.74, 6) is -0.503. The quantitative estimate of drug-likeness (QED) is 0.596. The van der Waals surface area contributed by atoms with Crippen LogP contribution in [0.4, 0.5) is 5.69 Å². The van der Waals surface area contributed by atoms with E-state index in [0.29, 0.717) is 11.4 Å². The van der Waals surface area contributed by atoms with E-state index in [-0.39, 0.29) is 17.2 Å². The van der Waals surface area contributed by atoms with Crippen molar-refractivity contribution in [2.24, 2.45) is 0 Å². The van der Waals surface area contributed by atoms with Crippen molar-refractivity contribution >= 4 is 28.9 Å². The number of carbonyl (C=O) groups is 1. The van der Waals surface area contributed by atoms with Gasteiger partial charge in [0.05, 0.1) is 16.3 Å². The van der Waals surface area contributed by atoms with Crippen molar-refractivity contribution in [1.82, 2.24) is 9.38 Å². The number of halogens is 1. The number of hydrogen-bond acceptors (Lipinski definition) is 4. The summed E-state index contributed by atoms with van der Waals surface area (Å²) in [7, 11) is 0. The Hall–Kier alpha value is -2.53. The van der Waals surface area contributed by atoms with Gasteiger partial charge in [-0.05, 0) is 30.3 Å². The molecule has 0 saturated heterocycles. The van der Waals surface area contributed by atoms with Gasteiger partial charge in [-0.2, -0.15) is 0 Å². The van der Waals surface area contributed by atoms with E-state index < -0.39 is 5.97 Å². The predicted octanol–water partition coefficient (Wildman–Crippen LogP) is 2.93. The molecule has 3 aromatic rings. The molecule has 0 unspecified atom stereocenters. The first kappa shape index (κ1) is 13.5. The molecule has 21 heavy (non-hydrogen) atoms. The second-order valence-electron chi connectivity index (χ2n) is 4.51. The molecule has 0 fully saturated rings. The van der Waals surface area contributed by atoms with E-state index in [0.717, 1.165) is 5.65 Å². The van der Waals surface area contributed by atoms with Crippen molar-refractivity contribution in [3.05, 3.63) is 65.1 Å². The smallest absolute Gasteiger partial charge is 0.340 e. The number of imidazole rings is 1. The SMILES string of the molecule is Nc1ccc(C(=O)OCc2cn3ccccc3n2)c(Cl)c1. The van der Waals surface area contributed by atoms with Crippen LogP contribution < -0.4 is 5.73 Å². The highest BCUT2D eigenvalue weighted by Crippen LogP contribution is 2.20. The second kappa shape index (κ2) is 5.46. The Bertz CT molecular complexity index is 781. The number of nitrogens with two attached hydrogens (primary N) is 1. The van der Waals surface area contributed by atoms with Gasteiger partial charge in [0.15, 0.2) is 0 Å². The first-order valence-corrected chi connectivity index (χ1v) is 6.66. The number of aromatic nitrogens is 2. The number of rotatable bonds is 3. The van der Waals surface area contributed by atoms with E-state index in [2.05, 4.69) is 4.98 Å². The fourth-order valence-electron chi connectivity index (χ4n) is 1.97. The van der Waals surface area contributed by atoms with Gasteiger partial charge in [0.1, 0.15) is 12.3 Å². The molecule has 5 nitrogen and oxygen atoms in total. The summed E-state index contributed by atoms with van der Waals surface area (Å²) in [5, 5.41) is 0.273. The molecular formula is C15H12ClN3O2. The average molecular weight is 302 g/mol. The fraction of sp³-hybridized carbons (Fsp3) is 0.0667. The summed E-state index contributed by atoms with van der Waals surface area (Å²) in [6.45, 7) is 0.0845. The molecule has 106 valence electrons. The highest BCUT2D eigenvalue weighted by atomic mass is 35.5. The van der Waals surface area contributed by atoms with Crippen molar-refractivity contribution in [3.8, 4) is 0 Å². The minimum atomic E-state index is -0.503. The molecule has 0 aliphatic carbocycles. The molecule has 6 heteroatoms. The number of carbonyl (C=O) groups excluding carboxylic acids is 1. The summed E-state index contributed by atoms with van der Waals surface area (Å²) in [6.07, 6.45) is 3.69. The Morgan fingerprint density at radius 1 is 1.33 bits per heavy atom. The van der Waals surface area contributed by atoms with Gasteiger partial charge in [0, 0.05) is 18.1 Å². The first-order valence-electron chi connectivity index (χ1n) is 6.28. The number of benzene rings is 1. The van der Waals surface area contributed by atoms with Crippen LogP contribution in [0.15, 0.2) is 48.8 Å². The topological polar surface area (TPSA) is 69.6 Å². The van der Waals surface area contributed by atoms with Crippen LogP contribution in [0.2, 0.25) is 5.02 Å². The van der Waals surface area contributed by atoms with Gasteiger partial charge in [-0.1, -0.05) is 17.7 Å². The van der Waals surface area contributed by atoms with E-state index >= 15 is 0 Å². The molecule has 2 N–H and O–H groups in total. The van der Waals surface area contributed by atoms with E-state index in [9.17, 15) is 4.79 Å². The fourth-order valence-corrected chi connectivity index (χ4v) is 2.24. The number of pyridine rings is 1. The Morgan fingerprint density at radius 3 is 2.95 bits per heavy atom. The van der Waals surface area contributed by atoms with Crippen LogP contribution >= 0.6 is 11.6 Å². The van der Waals surface area contributed by atoms with Crippen molar-refractivity contribution in [2.45, 2.75) is 6.61 Å². The number of anilines is 1. The second-order valence-corrected chi connectivity index (χ2v) is 4.92. The van der Waals surface area contributed by atoms with E-state index in [1.54, 1.807) is 12.1 Å². The number of fused-ring (bicyclic) bond motifs is 1. The predicted molar refractivity (Wildman–Crippen MR) is 80.2 cm³/mol. The maximum absolute atomic E-state index is 12.0. The maximum Gasteiger partial charge on any atom is 0.340 e. The molecule has 2 aromatic heterocycles. The Balaban J connectivity index is 1.73. The van der Waals surface area contributed by atoms with Gasteiger partial charge in [-0.15, -0.1) is 0 Å². The molecule has 0 atom stereocenters. The number of hydrogen-bond donors (Lipinski definition) is 1. The summed E-state index contributed by atoms with van der Waals surface area (Å²) in [4.78, 5) is 16.3. The number of esters is 1. The lowest BCUT2D eigenvalue weighted by molar-refractivity contribution is 0.0468. The Kier molecular flexibility index (Phi) is 3.50. The lowest BCUT2D eigenvalue weighted by Crippen LogP contribution is -2.06. The minimum absolute atomic E-state index is 0.0845. The van der Waals surface area contributed by atoms with Crippen molar-refractivity contribution < 1.29 is 9.53 Å². The third-order valence-corrected chi connectivity index (χ3v) is 3.29. The number of nitrogens with zero attached hydrogens (tertiary/aromatic N) is 2. The van der Waals surface area contributed by atoms with E-state index in [4.69, 9.17) is 22.1 Å². The van der Waals surface area contributed by atoms with Crippen LogP contribution in [0.5, 0.6) is 0 Å². The van der Waals surface area contributed by atoms with E-state index in [1.807, 2.05) is 35.0 Å². The third-order valence-electron chi connectivity index (χ3n) is 2.98. The Morgan fingerprint density at radius 2 is 2.19 bits per heavy atom. The van der Waals surface area contributed by atoms with Crippen LogP contribution in [0, 0.1) is 0 Å². The van der Waals surface area contributed by atoms with Crippen LogP contribution in [0.25, 0.3) is 5.65 Å². The minimum Gasteiger partial charge on any atom is -0.455 e. The van der Waals surface area contributed by atoms with Crippen molar-refractivity contribution in [1.29, 1.82) is 0 Å². The van der Waals surface area contributed by atoms with Crippen LogP contribution in [-0.4, -0.2) is 15.4 Å². The molecule has 1 aromatic carbocycles. The molecule has 0 radical (unpaired) electrons. The molecule has 0 amide bonds.